The molecule has 0 aromatic rings. The van der Waals surface area contributed by atoms with E-state index in [-0.39, 0.29) is 17.6 Å². The summed E-state index contributed by atoms with van der Waals surface area (Å²) >= 11 is 0. The number of nitrogens with two attached hydrogens (primary N) is 1. The van der Waals surface area contributed by atoms with E-state index in [9.17, 15) is 14.4 Å². The Balaban J connectivity index is -0.000000134. The van der Waals surface area contributed by atoms with E-state index < -0.39 is 0 Å². The minimum absolute atomic E-state index is 0.0153. The molecule has 0 aromatic carbocycles. The predicted molar refractivity (Wildman–Crippen MR) is 90.0 cm³/mol. The van der Waals surface area contributed by atoms with Gasteiger partial charge in [-0.05, 0) is 19.8 Å². The molecule has 3 N–H and O–H groups in total. The topological polar surface area (TPSA) is 89.3 Å². The monoisotopic (exact) mass is 304 g/mol. The minimum Gasteiger partial charge on any atom is -0.370 e. The van der Waals surface area contributed by atoms with Crippen molar-refractivity contribution < 1.29 is 14.4 Å². The Labute approximate surface area is 131 Å². The lowest BCUT2D eigenvalue weighted by atomic mass is 10.1. The Morgan fingerprint density at radius 1 is 0.905 bits per heavy atom. The number of carbonyl (C=O) groups is 3. The van der Waals surface area contributed by atoms with Crippen LogP contribution in [-0.2, 0) is 14.4 Å². The number of primary amides is 1. The van der Waals surface area contributed by atoms with Crippen LogP contribution in [0.15, 0.2) is 0 Å². The van der Waals surface area contributed by atoms with Crippen LogP contribution in [0.1, 0.15) is 80.6 Å². The molecule has 0 atom stereocenters. The molecule has 0 aliphatic carbocycles. The average Bonchev–Trinajstić information content (AvgIpc) is 2.47. The van der Waals surface area contributed by atoms with Gasteiger partial charge in [0, 0.05) is 26.3 Å². The summed E-state index contributed by atoms with van der Waals surface area (Å²) < 4.78 is 0. The summed E-state index contributed by atoms with van der Waals surface area (Å²) in [7, 11) is 0. The molecule has 0 aliphatic rings. The van der Waals surface area contributed by atoms with E-state index in [0.717, 1.165) is 25.8 Å². The third kappa shape index (κ3) is 55.6. The molecule has 0 fully saturated rings. The van der Waals surface area contributed by atoms with Crippen LogP contribution >= 0.6 is 0 Å². The van der Waals surface area contributed by atoms with Gasteiger partial charge in [0.25, 0.3) is 0 Å². The molecular weight excluding hydrogens is 268 g/mol. The van der Waals surface area contributed by atoms with Crippen molar-refractivity contribution in [3.05, 3.63) is 0 Å². The van der Waals surface area contributed by atoms with Crippen molar-refractivity contribution >= 4 is 17.6 Å². The second-order valence-electron chi connectivity index (χ2n) is 3.82. The van der Waals surface area contributed by atoms with Crippen molar-refractivity contribution in [2.75, 3.05) is 6.54 Å². The normalized spacial score (nSPS) is 7.76. The van der Waals surface area contributed by atoms with Crippen molar-refractivity contribution in [2.24, 2.45) is 5.73 Å². The zero-order valence-corrected chi connectivity index (χ0v) is 15.0. The highest BCUT2D eigenvalue weighted by atomic mass is 16.1. The number of carbonyl (C=O) groups excluding carboxylic acids is 3. The smallest absolute Gasteiger partial charge is 0.217 e. The van der Waals surface area contributed by atoms with Crippen LogP contribution < -0.4 is 11.1 Å². The molecule has 0 saturated heterocycles. The van der Waals surface area contributed by atoms with Gasteiger partial charge in [0.05, 0.1) is 0 Å². The van der Waals surface area contributed by atoms with Crippen molar-refractivity contribution in [1.29, 1.82) is 0 Å². The van der Waals surface area contributed by atoms with Crippen molar-refractivity contribution in [3.8, 4) is 0 Å². The summed E-state index contributed by atoms with van der Waals surface area (Å²) in [6.07, 6.45) is 4.03. The third-order valence-electron chi connectivity index (χ3n) is 1.93. The summed E-state index contributed by atoms with van der Waals surface area (Å²) in [6, 6.07) is 0. The molecule has 0 rings (SSSR count). The lowest BCUT2D eigenvalue weighted by molar-refractivity contribution is -0.119. The molecule has 0 heterocycles. The molecule has 0 saturated carbocycles. The van der Waals surface area contributed by atoms with Crippen LogP contribution in [0.5, 0.6) is 0 Å². The molecule has 0 spiro atoms. The summed E-state index contributed by atoms with van der Waals surface area (Å²) in [6.45, 7) is 13.6. The van der Waals surface area contributed by atoms with Crippen LogP contribution in [0.4, 0.5) is 0 Å². The second kappa shape index (κ2) is 27.0. The van der Waals surface area contributed by atoms with Crippen LogP contribution in [0, 0.1) is 0 Å². The van der Waals surface area contributed by atoms with Crippen LogP contribution in [0.2, 0.25) is 0 Å². The number of unbranched alkanes of at least 4 members (excludes halogenated alkanes) is 2. The number of amides is 2. The van der Waals surface area contributed by atoms with E-state index in [1.54, 1.807) is 13.8 Å². The summed E-state index contributed by atoms with van der Waals surface area (Å²) in [4.78, 5) is 30.5. The van der Waals surface area contributed by atoms with Gasteiger partial charge in [-0.2, -0.15) is 0 Å². The van der Waals surface area contributed by atoms with Crippen LogP contribution in [-0.4, -0.2) is 24.1 Å². The quantitative estimate of drug-likeness (QED) is 0.708. The van der Waals surface area contributed by atoms with E-state index >= 15 is 0 Å². The fraction of sp³-hybridized carbons (Fsp3) is 0.812. The number of rotatable bonds is 7. The Bertz CT molecular complexity index is 224. The van der Waals surface area contributed by atoms with E-state index in [0.29, 0.717) is 12.8 Å². The van der Waals surface area contributed by atoms with E-state index in [1.165, 1.54) is 6.92 Å². The fourth-order valence-corrected chi connectivity index (χ4v) is 0.940. The zero-order valence-electron chi connectivity index (χ0n) is 15.0. The molecule has 2 amide bonds. The first-order chi connectivity index (χ1) is 9.90. The van der Waals surface area contributed by atoms with Crippen LogP contribution in [0.3, 0.4) is 0 Å². The molecule has 5 nitrogen and oxygen atoms in total. The largest absolute Gasteiger partial charge is 0.370 e. The first-order valence-electron chi connectivity index (χ1n) is 7.92. The van der Waals surface area contributed by atoms with Crippen molar-refractivity contribution in [2.45, 2.75) is 80.6 Å². The van der Waals surface area contributed by atoms with Gasteiger partial charge in [0.15, 0.2) is 0 Å². The summed E-state index contributed by atoms with van der Waals surface area (Å²) in [5, 5.41) is 2.71. The first kappa shape index (κ1) is 27.9. The van der Waals surface area contributed by atoms with Gasteiger partial charge in [-0.25, -0.2) is 0 Å². The third-order valence-corrected chi connectivity index (χ3v) is 1.93. The summed E-state index contributed by atoms with van der Waals surface area (Å²) in [5.74, 6) is 0.0149. The van der Waals surface area contributed by atoms with Gasteiger partial charge >= 0.3 is 0 Å². The first-order valence-corrected chi connectivity index (χ1v) is 7.92. The number of Topliss-reactive ketones (excluding diaryl/α,β-unsaturated/α-hetero) is 1. The lowest BCUT2D eigenvalue weighted by Gasteiger charge is -2.00. The standard InChI is InChI=1S/C9H17NO2.C3H7NO.2C2H6/c1-8(11)6-4-3-5-7-10-9(2)12;1-2-3(4)5;2*1-2/h3-7H2,1-2H3,(H,10,12);2H2,1H3,(H2,4,5);2*1-2H3. The fourth-order valence-electron chi connectivity index (χ4n) is 0.940. The van der Waals surface area contributed by atoms with Gasteiger partial charge in [-0.15, -0.1) is 0 Å². The van der Waals surface area contributed by atoms with Gasteiger partial charge < -0.3 is 15.8 Å². The van der Waals surface area contributed by atoms with E-state index in [1.807, 2.05) is 27.7 Å². The van der Waals surface area contributed by atoms with Gasteiger partial charge in [0.1, 0.15) is 5.78 Å². The number of ketones is 1. The maximum atomic E-state index is 10.5. The van der Waals surface area contributed by atoms with Crippen molar-refractivity contribution in [3.63, 3.8) is 0 Å². The molecule has 0 radical (unpaired) electrons. The highest BCUT2D eigenvalue weighted by molar-refractivity contribution is 5.75. The molecule has 21 heavy (non-hydrogen) atoms. The molecule has 0 aliphatic heterocycles. The Hall–Kier alpha value is -1.39. The maximum Gasteiger partial charge on any atom is 0.217 e. The summed E-state index contributed by atoms with van der Waals surface area (Å²) in [5.41, 5.74) is 4.65. The molecule has 5 heteroatoms. The van der Waals surface area contributed by atoms with Gasteiger partial charge in [0.2, 0.25) is 11.8 Å². The Kier molecular flexibility index (Phi) is 35.9. The molecule has 0 aromatic heterocycles. The Morgan fingerprint density at radius 2 is 1.33 bits per heavy atom. The molecular formula is C16H36N2O3. The molecule has 0 unspecified atom stereocenters. The SMILES string of the molecule is CC.CC.CC(=O)CCCCCNC(C)=O.CCC(N)=O. The number of hydrogen-bond donors (Lipinski definition) is 2. The highest BCUT2D eigenvalue weighted by Crippen LogP contribution is 1.98. The second-order valence-corrected chi connectivity index (χ2v) is 3.82. The predicted octanol–water partition coefficient (Wildman–Crippen LogP) is 3.21. The van der Waals surface area contributed by atoms with E-state index in [4.69, 9.17) is 0 Å². The number of hydrogen-bond acceptors (Lipinski definition) is 3. The highest BCUT2D eigenvalue weighted by Gasteiger charge is 1.94. The van der Waals surface area contributed by atoms with Crippen LogP contribution in [0.25, 0.3) is 0 Å². The molecule has 128 valence electrons. The minimum atomic E-state index is -0.245. The molecule has 0 bridgehead atoms. The van der Waals surface area contributed by atoms with Gasteiger partial charge in [-0.1, -0.05) is 41.0 Å². The van der Waals surface area contributed by atoms with E-state index in [2.05, 4.69) is 11.1 Å². The lowest BCUT2D eigenvalue weighted by Crippen LogP contribution is -2.20. The zero-order chi connectivity index (χ0) is 17.7. The average molecular weight is 304 g/mol. The Morgan fingerprint density at radius 3 is 1.62 bits per heavy atom. The maximum absolute atomic E-state index is 10.5. The van der Waals surface area contributed by atoms with Crippen molar-refractivity contribution in [1.82, 2.24) is 5.32 Å². The number of nitrogens with one attached hydrogen (secondary N) is 1. The van der Waals surface area contributed by atoms with Gasteiger partial charge in [-0.3, -0.25) is 9.59 Å².